The van der Waals surface area contributed by atoms with Gasteiger partial charge in [0.05, 0.1) is 16.8 Å². The molecule has 0 fully saturated rings. The van der Waals surface area contributed by atoms with Gasteiger partial charge in [-0.15, -0.1) is 11.3 Å². The van der Waals surface area contributed by atoms with Crippen LogP contribution >= 0.6 is 22.9 Å². The molecule has 90 valence electrons. The van der Waals surface area contributed by atoms with E-state index in [-0.39, 0.29) is 6.04 Å². The molecule has 4 heteroatoms. The van der Waals surface area contributed by atoms with Gasteiger partial charge in [-0.1, -0.05) is 18.5 Å². The standard InChI is InChI=1S/C13H15ClN2S/c1-3-15-12(10-6-8-17-9(10)2)13-11(14)5-4-7-16-13/h4-8,12,15H,3H2,1-2H3. The van der Waals surface area contributed by atoms with Crippen molar-refractivity contribution in [2.24, 2.45) is 0 Å². The zero-order valence-corrected chi connectivity index (χ0v) is 11.5. The molecule has 1 N–H and O–H groups in total. The van der Waals surface area contributed by atoms with Crippen LogP contribution in [0.2, 0.25) is 5.02 Å². The largest absolute Gasteiger partial charge is 0.305 e. The molecule has 0 spiro atoms. The highest BCUT2D eigenvalue weighted by molar-refractivity contribution is 7.10. The Morgan fingerprint density at radius 2 is 2.29 bits per heavy atom. The fourth-order valence-corrected chi connectivity index (χ4v) is 2.83. The summed E-state index contributed by atoms with van der Waals surface area (Å²) in [4.78, 5) is 5.71. The van der Waals surface area contributed by atoms with E-state index in [4.69, 9.17) is 11.6 Å². The van der Waals surface area contributed by atoms with Gasteiger partial charge in [-0.05, 0) is 42.6 Å². The molecule has 1 atom stereocenters. The molecular weight excluding hydrogens is 252 g/mol. The van der Waals surface area contributed by atoms with Crippen molar-refractivity contribution in [3.63, 3.8) is 0 Å². The van der Waals surface area contributed by atoms with E-state index in [9.17, 15) is 0 Å². The summed E-state index contributed by atoms with van der Waals surface area (Å²) in [5.41, 5.74) is 2.16. The van der Waals surface area contributed by atoms with E-state index in [0.29, 0.717) is 5.02 Å². The number of hydrogen-bond acceptors (Lipinski definition) is 3. The summed E-state index contributed by atoms with van der Waals surface area (Å²) in [5.74, 6) is 0. The molecule has 1 unspecified atom stereocenters. The zero-order valence-electron chi connectivity index (χ0n) is 9.90. The molecule has 0 radical (unpaired) electrons. The minimum Gasteiger partial charge on any atom is -0.305 e. The van der Waals surface area contributed by atoms with Crippen LogP contribution in [0.25, 0.3) is 0 Å². The minimum absolute atomic E-state index is 0.0833. The molecule has 0 saturated carbocycles. The Morgan fingerprint density at radius 3 is 2.88 bits per heavy atom. The highest BCUT2D eigenvalue weighted by atomic mass is 35.5. The van der Waals surface area contributed by atoms with Gasteiger partial charge in [-0.2, -0.15) is 0 Å². The highest BCUT2D eigenvalue weighted by Crippen LogP contribution is 2.30. The first-order valence-electron chi connectivity index (χ1n) is 5.61. The number of aromatic nitrogens is 1. The Labute approximate surface area is 111 Å². The van der Waals surface area contributed by atoms with Gasteiger partial charge in [0.1, 0.15) is 0 Å². The number of hydrogen-bond donors (Lipinski definition) is 1. The fraction of sp³-hybridized carbons (Fsp3) is 0.308. The summed E-state index contributed by atoms with van der Waals surface area (Å²) >= 11 is 7.97. The van der Waals surface area contributed by atoms with Gasteiger partial charge in [-0.3, -0.25) is 4.98 Å². The number of aryl methyl sites for hydroxylation is 1. The van der Waals surface area contributed by atoms with E-state index in [2.05, 4.69) is 35.6 Å². The predicted molar refractivity (Wildman–Crippen MR) is 73.8 cm³/mol. The van der Waals surface area contributed by atoms with Gasteiger partial charge in [0.2, 0.25) is 0 Å². The van der Waals surface area contributed by atoms with E-state index in [1.165, 1.54) is 10.4 Å². The Bertz CT molecular complexity index is 496. The van der Waals surface area contributed by atoms with Crippen molar-refractivity contribution >= 4 is 22.9 Å². The Kier molecular flexibility index (Phi) is 4.15. The van der Waals surface area contributed by atoms with Crippen molar-refractivity contribution in [2.75, 3.05) is 6.54 Å². The van der Waals surface area contributed by atoms with Crippen LogP contribution in [0.4, 0.5) is 0 Å². The third-order valence-corrected chi connectivity index (χ3v) is 3.86. The van der Waals surface area contributed by atoms with Gasteiger partial charge < -0.3 is 5.32 Å². The second-order valence-electron chi connectivity index (χ2n) is 3.79. The molecule has 0 amide bonds. The zero-order chi connectivity index (χ0) is 12.3. The van der Waals surface area contributed by atoms with Gasteiger partial charge in [0, 0.05) is 11.1 Å². The average Bonchev–Trinajstić information content (AvgIpc) is 2.74. The molecular formula is C13H15ClN2S. The summed E-state index contributed by atoms with van der Waals surface area (Å²) in [6.45, 7) is 5.10. The minimum atomic E-state index is 0.0833. The van der Waals surface area contributed by atoms with Crippen molar-refractivity contribution in [1.82, 2.24) is 10.3 Å². The third kappa shape index (κ3) is 2.68. The SMILES string of the molecule is CCNC(c1ccsc1C)c1ncccc1Cl. The molecule has 0 aromatic carbocycles. The molecule has 2 aromatic heterocycles. The molecule has 0 aliphatic heterocycles. The quantitative estimate of drug-likeness (QED) is 0.910. The van der Waals surface area contributed by atoms with E-state index in [1.54, 1.807) is 17.5 Å². The number of nitrogens with zero attached hydrogens (tertiary/aromatic N) is 1. The van der Waals surface area contributed by atoms with Crippen molar-refractivity contribution in [3.05, 3.63) is 50.9 Å². The summed E-state index contributed by atoms with van der Waals surface area (Å²) < 4.78 is 0. The molecule has 2 heterocycles. The van der Waals surface area contributed by atoms with Crippen LogP contribution in [-0.4, -0.2) is 11.5 Å². The maximum absolute atomic E-state index is 6.22. The Hall–Kier alpha value is -0.900. The average molecular weight is 267 g/mol. The summed E-state index contributed by atoms with van der Waals surface area (Å²) in [5, 5.41) is 6.26. The molecule has 0 aliphatic rings. The van der Waals surface area contributed by atoms with Gasteiger partial charge in [0.15, 0.2) is 0 Å². The summed E-state index contributed by atoms with van der Waals surface area (Å²) in [6, 6.07) is 5.96. The third-order valence-electron chi connectivity index (χ3n) is 2.68. The first-order chi connectivity index (χ1) is 8.24. The van der Waals surface area contributed by atoms with Crippen LogP contribution < -0.4 is 5.32 Å². The van der Waals surface area contributed by atoms with Gasteiger partial charge >= 0.3 is 0 Å². The van der Waals surface area contributed by atoms with Crippen LogP contribution in [0.1, 0.15) is 29.1 Å². The van der Waals surface area contributed by atoms with E-state index < -0.39 is 0 Å². The molecule has 17 heavy (non-hydrogen) atoms. The number of rotatable bonds is 4. The second kappa shape index (κ2) is 5.63. The van der Waals surface area contributed by atoms with Crippen molar-refractivity contribution < 1.29 is 0 Å². The molecule has 0 saturated heterocycles. The molecule has 0 bridgehead atoms. The number of pyridine rings is 1. The first-order valence-corrected chi connectivity index (χ1v) is 6.87. The van der Waals surface area contributed by atoms with Crippen LogP contribution in [0.15, 0.2) is 29.8 Å². The van der Waals surface area contributed by atoms with Crippen LogP contribution in [0.5, 0.6) is 0 Å². The molecule has 2 nitrogen and oxygen atoms in total. The predicted octanol–water partition coefficient (Wildman–Crippen LogP) is 3.80. The lowest BCUT2D eigenvalue weighted by Gasteiger charge is -2.18. The van der Waals surface area contributed by atoms with Crippen molar-refractivity contribution in [1.29, 1.82) is 0 Å². The van der Waals surface area contributed by atoms with Crippen molar-refractivity contribution in [2.45, 2.75) is 19.9 Å². The fourth-order valence-electron chi connectivity index (χ4n) is 1.86. The first kappa shape index (κ1) is 12.6. The monoisotopic (exact) mass is 266 g/mol. The second-order valence-corrected chi connectivity index (χ2v) is 5.32. The topological polar surface area (TPSA) is 24.9 Å². The lowest BCUT2D eigenvalue weighted by molar-refractivity contribution is 0.615. The van der Waals surface area contributed by atoms with Crippen molar-refractivity contribution in [3.8, 4) is 0 Å². The van der Waals surface area contributed by atoms with Crippen LogP contribution in [0, 0.1) is 6.92 Å². The molecule has 0 aliphatic carbocycles. The van der Waals surface area contributed by atoms with E-state index in [1.807, 2.05) is 12.1 Å². The molecule has 2 rings (SSSR count). The lowest BCUT2D eigenvalue weighted by atomic mass is 10.0. The van der Waals surface area contributed by atoms with E-state index in [0.717, 1.165) is 12.2 Å². The Morgan fingerprint density at radius 1 is 1.47 bits per heavy atom. The van der Waals surface area contributed by atoms with E-state index >= 15 is 0 Å². The molecule has 2 aromatic rings. The number of halogens is 1. The van der Waals surface area contributed by atoms with Gasteiger partial charge in [-0.25, -0.2) is 0 Å². The number of thiophene rings is 1. The maximum atomic E-state index is 6.22. The lowest BCUT2D eigenvalue weighted by Crippen LogP contribution is -2.23. The summed E-state index contributed by atoms with van der Waals surface area (Å²) in [6.07, 6.45) is 1.78. The van der Waals surface area contributed by atoms with Crippen LogP contribution in [0.3, 0.4) is 0 Å². The maximum Gasteiger partial charge on any atom is 0.0804 e. The highest BCUT2D eigenvalue weighted by Gasteiger charge is 2.19. The smallest absolute Gasteiger partial charge is 0.0804 e. The number of nitrogens with one attached hydrogen (secondary N) is 1. The summed E-state index contributed by atoms with van der Waals surface area (Å²) in [7, 11) is 0. The van der Waals surface area contributed by atoms with Gasteiger partial charge in [0.25, 0.3) is 0 Å². The van der Waals surface area contributed by atoms with Crippen LogP contribution in [-0.2, 0) is 0 Å². The Balaban J connectivity index is 2.43. The normalized spacial score (nSPS) is 12.6.